The van der Waals surface area contributed by atoms with E-state index in [-0.39, 0.29) is 18.0 Å². The third kappa shape index (κ3) is 1.75. The summed E-state index contributed by atoms with van der Waals surface area (Å²) in [5, 5.41) is 6.08. The van der Waals surface area contributed by atoms with Crippen molar-refractivity contribution in [2.24, 2.45) is 0 Å². The Morgan fingerprint density at radius 1 is 1.57 bits per heavy atom. The van der Waals surface area contributed by atoms with Crippen molar-refractivity contribution >= 4 is 5.91 Å². The number of carbonyl (C=O) groups is 1. The molecule has 1 saturated heterocycles. The van der Waals surface area contributed by atoms with Gasteiger partial charge in [0, 0.05) is 25.0 Å². The fourth-order valence-corrected chi connectivity index (χ4v) is 1.58. The average Bonchev–Trinajstić information content (AvgIpc) is 2.19. The van der Waals surface area contributed by atoms with E-state index >= 15 is 0 Å². The molecule has 4 heteroatoms. The van der Waals surface area contributed by atoms with E-state index in [1.807, 2.05) is 19.1 Å². The first-order chi connectivity index (χ1) is 6.77. The van der Waals surface area contributed by atoms with Crippen molar-refractivity contribution < 1.29 is 4.79 Å². The summed E-state index contributed by atoms with van der Waals surface area (Å²) >= 11 is 0. The van der Waals surface area contributed by atoms with E-state index in [4.69, 9.17) is 0 Å². The minimum absolute atomic E-state index is 0.0248. The Bertz CT molecular complexity index is 325. The van der Waals surface area contributed by atoms with E-state index in [9.17, 15) is 4.79 Å². The van der Waals surface area contributed by atoms with Gasteiger partial charge >= 0.3 is 0 Å². The average molecular weight is 191 g/mol. The first-order valence-corrected chi connectivity index (χ1v) is 4.71. The summed E-state index contributed by atoms with van der Waals surface area (Å²) in [4.78, 5) is 15.6. The summed E-state index contributed by atoms with van der Waals surface area (Å²) in [6.07, 6.45) is 3.42. The Morgan fingerprint density at radius 3 is 3.07 bits per heavy atom. The minimum Gasteiger partial charge on any atom is -0.351 e. The Labute approximate surface area is 82.7 Å². The number of aromatic nitrogens is 1. The molecule has 2 atom stereocenters. The maximum atomic E-state index is 11.6. The second-order valence-electron chi connectivity index (χ2n) is 3.54. The van der Waals surface area contributed by atoms with Crippen LogP contribution in [0.2, 0.25) is 0 Å². The maximum Gasteiger partial charge on any atom is 0.242 e. The highest BCUT2D eigenvalue weighted by molar-refractivity contribution is 5.84. The normalized spacial score (nSPS) is 27.1. The van der Waals surface area contributed by atoms with E-state index in [1.54, 1.807) is 12.4 Å². The van der Waals surface area contributed by atoms with E-state index in [0.29, 0.717) is 0 Å². The lowest BCUT2D eigenvalue weighted by molar-refractivity contribution is -0.125. The summed E-state index contributed by atoms with van der Waals surface area (Å²) in [6, 6.07) is 3.69. The highest BCUT2D eigenvalue weighted by Gasteiger charge is 2.26. The molecular weight excluding hydrogens is 178 g/mol. The Morgan fingerprint density at radius 2 is 2.43 bits per heavy atom. The van der Waals surface area contributed by atoms with Crippen LogP contribution in [0.3, 0.4) is 0 Å². The largest absolute Gasteiger partial charge is 0.351 e. The minimum atomic E-state index is -0.250. The van der Waals surface area contributed by atoms with Crippen molar-refractivity contribution in [3.05, 3.63) is 30.1 Å². The predicted octanol–water partition coefficient (Wildman–Crippen LogP) is 0.231. The molecule has 74 valence electrons. The number of nitrogens with zero attached hydrogens (tertiary/aromatic N) is 1. The first kappa shape index (κ1) is 9.15. The van der Waals surface area contributed by atoms with Crippen LogP contribution in [-0.2, 0) is 4.79 Å². The molecule has 14 heavy (non-hydrogen) atoms. The molecule has 1 fully saturated rings. The van der Waals surface area contributed by atoms with E-state index in [2.05, 4.69) is 15.6 Å². The summed E-state index contributed by atoms with van der Waals surface area (Å²) in [6.45, 7) is 2.77. The van der Waals surface area contributed by atoms with Crippen LogP contribution < -0.4 is 10.6 Å². The van der Waals surface area contributed by atoms with Gasteiger partial charge in [0.05, 0.1) is 0 Å². The molecule has 2 rings (SSSR count). The van der Waals surface area contributed by atoms with Crippen LogP contribution in [0, 0.1) is 0 Å². The number of carbonyl (C=O) groups excluding carboxylic acids is 1. The van der Waals surface area contributed by atoms with E-state index in [0.717, 1.165) is 12.1 Å². The zero-order valence-electron chi connectivity index (χ0n) is 8.03. The van der Waals surface area contributed by atoms with Crippen LogP contribution in [0.15, 0.2) is 24.5 Å². The lowest BCUT2D eigenvalue weighted by atomic mass is 10.1. The summed E-state index contributed by atoms with van der Waals surface area (Å²) in [5.74, 6) is 0.0248. The second kappa shape index (κ2) is 3.75. The number of piperazine rings is 1. The quantitative estimate of drug-likeness (QED) is 0.668. The molecule has 1 amide bonds. The van der Waals surface area contributed by atoms with Crippen molar-refractivity contribution in [2.45, 2.75) is 19.0 Å². The number of hydrogen-bond donors (Lipinski definition) is 2. The van der Waals surface area contributed by atoms with Gasteiger partial charge in [-0.3, -0.25) is 9.78 Å². The van der Waals surface area contributed by atoms with Crippen LogP contribution in [0.5, 0.6) is 0 Å². The van der Waals surface area contributed by atoms with Crippen LogP contribution >= 0.6 is 0 Å². The standard InChI is InChI=1S/C10H13N3O/c1-7-5-12-9(10(14)13-7)8-3-2-4-11-6-8/h2-4,6-7,9,12H,5H2,1H3,(H,13,14). The monoisotopic (exact) mass is 191 g/mol. The van der Waals surface area contributed by atoms with Gasteiger partial charge < -0.3 is 10.6 Å². The van der Waals surface area contributed by atoms with Crippen LogP contribution in [-0.4, -0.2) is 23.5 Å². The smallest absolute Gasteiger partial charge is 0.242 e. The van der Waals surface area contributed by atoms with Gasteiger partial charge in [0.1, 0.15) is 6.04 Å². The molecule has 0 spiro atoms. The lowest BCUT2D eigenvalue weighted by Gasteiger charge is -2.28. The van der Waals surface area contributed by atoms with Gasteiger partial charge in [-0.2, -0.15) is 0 Å². The number of amides is 1. The molecule has 1 aromatic rings. The van der Waals surface area contributed by atoms with Crippen molar-refractivity contribution in [1.29, 1.82) is 0 Å². The Hall–Kier alpha value is -1.42. The van der Waals surface area contributed by atoms with Crippen molar-refractivity contribution in [3.63, 3.8) is 0 Å². The van der Waals surface area contributed by atoms with Gasteiger partial charge in [-0.1, -0.05) is 6.07 Å². The van der Waals surface area contributed by atoms with Crippen molar-refractivity contribution in [1.82, 2.24) is 15.6 Å². The molecule has 0 aromatic carbocycles. The van der Waals surface area contributed by atoms with Gasteiger partial charge in [-0.05, 0) is 18.6 Å². The maximum absolute atomic E-state index is 11.6. The zero-order valence-corrected chi connectivity index (χ0v) is 8.03. The van der Waals surface area contributed by atoms with Gasteiger partial charge in [-0.25, -0.2) is 0 Å². The van der Waals surface area contributed by atoms with Crippen LogP contribution in [0.4, 0.5) is 0 Å². The highest BCUT2D eigenvalue weighted by Crippen LogP contribution is 2.13. The lowest BCUT2D eigenvalue weighted by Crippen LogP contribution is -2.52. The van der Waals surface area contributed by atoms with E-state index < -0.39 is 0 Å². The summed E-state index contributed by atoms with van der Waals surface area (Å²) < 4.78 is 0. The van der Waals surface area contributed by atoms with Gasteiger partial charge in [0.15, 0.2) is 0 Å². The van der Waals surface area contributed by atoms with Gasteiger partial charge in [-0.15, -0.1) is 0 Å². The molecule has 2 heterocycles. The Balaban J connectivity index is 2.16. The number of hydrogen-bond acceptors (Lipinski definition) is 3. The number of nitrogens with one attached hydrogen (secondary N) is 2. The molecule has 4 nitrogen and oxygen atoms in total. The molecule has 1 aromatic heterocycles. The Kier molecular flexibility index (Phi) is 2.45. The number of pyridine rings is 1. The second-order valence-corrected chi connectivity index (χ2v) is 3.54. The molecule has 0 bridgehead atoms. The van der Waals surface area contributed by atoms with Crippen molar-refractivity contribution in [2.75, 3.05) is 6.54 Å². The third-order valence-electron chi connectivity index (χ3n) is 2.30. The SMILES string of the molecule is CC1CNC(c2cccnc2)C(=O)N1. The first-order valence-electron chi connectivity index (χ1n) is 4.71. The highest BCUT2D eigenvalue weighted by atomic mass is 16.2. The molecule has 0 radical (unpaired) electrons. The molecule has 2 N–H and O–H groups in total. The molecule has 1 aliphatic rings. The summed E-state index contributed by atoms with van der Waals surface area (Å²) in [7, 11) is 0. The molecule has 1 aliphatic heterocycles. The van der Waals surface area contributed by atoms with Crippen LogP contribution in [0.25, 0.3) is 0 Å². The fourth-order valence-electron chi connectivity index (χ4n) is 1.58. The molecule has 0 saturated carbocycles. The van der Waals surface area contributed by atoms with E-state index in [1.165, 1.54) is 0 Å². The predicted molar refractivity (Wildman–Crippen MR) is 52.6 cm³/mol. The molecular formula is C10H13N3O. The fraction of sp³-hybridized carbons (Fsp3) is 0.400. The molecule has 2 unspecified atom stereocenters. The molecule has 0 aliphatic carbocycles. The van der Waals surface area contributed by atoms with Gasteiger partial charge in [0.2, 0.25) is 5.91 Å². The zero-order chi connectivity index (χ0) is 9.97. The number of rotatable bonds is 1. The van der Waals surface area contributed by atoms with Gasteiger partial charge in [0.25, 0.3) is 0 Å². The third-order valence-corrected chi connectivity index (χ3v) is 2.30. The van der Waals surface area contributed by atoms with Crippen LogP contribution in [0.1, 0.15) is 18.5 Å². The topological polar surface area (TPSA) is 54.0 Å². The summed E-state index contributed by atoms with van der Waals surface area (Å²) in [5.41, 5.74) is 0.914. The van der Waals surface area contributed by atoms with Crippen molar-refractivity contribution in [3.8, 4) is 0 Å².